The molecular formula is C20H42BN. The van der Waals surface area contributed by atoms with Gasteiger partial charge >= 0.3 is 0 Å². The van der Waals surface area contributed by atoms with Crippen LogP contribution in [0.3, 0.4) is 0 Å². The van der Waals surface area contributed by atoms with E-state index >= 15 is 0 Å². The van der Waals surface area contributed by atoms with Crippen LogP contribution in [0, 0.1) is 17.3 Å². The minimum Gasteiger partial charge on any atom is -0.349 e. The first kappa shape index (κ1) is 20.1. The van der Waals surface area contributed by atoms with E-state index in [-0.39, 0.29) is 0 Å². The number of hydrogen-bond acceptors (Lipinski definition) is 1. The molecule has 0 spiro atoms. The number of unbranched alkanes of at least 4 members (excludes halogenated alkanes) is 3. The first-order chi connectivity index (χ1) is 10.5. The highest BCUT2D eigenvalue weighted by atomic mass is 15.0. The monoisotopic (exact) mass is 307 g/mol. The second kappa shape index (κ2) is 10.7. The van der Waals surface area contributed by atoms with Crippen molar-refractivity contribution in [3.8, 4) is 0 Å². The standard InChI is InChI=1S/C20H42BN/c1-5-6-7-8-12-18(2)17-20(3,4)19-13-9-10-15-22(21)16-11-14-19/h18-19H,5-17,21H2,1-4H3. The molecule has 22 heavy (non-hydrogen) atoms. The van der Waals surface area contributed by atoms with Gasteiger partial charge in [-0.15, -0.1) is 0 Å². The molecule has 0 aromatic rings. The molecule has 0 saturated carbocycles. The van der Waals surface area contributed by atoms with Crippen LogP contribution in [0.5, 0.6) is 0 Å². The van der Waals surface area contributed by atoms with Crippen molar-refractivity contribution < 1.29 is 0 Å². The fourth-order valence-electron chi connectivity index (χ4n) is 4.50. The second-order valence-electron chi connectivity index (χ2n) is 8.79. The van der Waals surface area contributed by atoms with Crippen LogP contribution in [0.1, 0.15) is 98.3 Å². The zero-order valence-corrected chi connectivity index (χ0v) is 16.3. The Morgan fingerprint density at radius 1 is 1.05 bits per heavy atom. The topological polar surface area (TPSA) is 3.24 Å². The number of hydrogen-bond donors (Lipinski definition) is 0. The van der Waals surface area contributed by atoms with Crippen molar-refractivity contribution in [3.05, 3.63) is 0 Å². The highest BCUT2D eigenvalue weighted by Gasteiger charge is 2.30. The highest BCUT2D eigenvalue weighted by Crippen LogP contribution is 2.41. The van der Waals surface area contributed by atoms with E-state index in [9.17, 15) is 0 Å². The molecule has 0 radical (unpaired) electrons. The van der Waals surface area contributed by atoms with E-state index in [1.807, 2.05) is 0 Å². The van der Waals surface area contributed by atoms with Gasteiger partial charge in [0, 0.05) is 0 Å². The molecule has 2 heteroatoms. The van der Waals surface area contributed by atoms with Gasteiger partial charge in [0.15, 0.2) is 7.98 Å². The van der Waals surface area contributed by atoms with Gasteiger partial charge in [-0.1, -0.05) is 66.2 Å². The van der Waals surface area contributed by atoms with Crippen molar-refractivity contribution in [2.24, 2.45) is 17.3 Å². The molecule has 1 heterocycles. The van der Waals surface area contributed by atoms with Gasteiger partial charge < -0.3 is 4.81 Å². The van der Waals surface area contributed by atoms with Crippen LogP contribution in [0.4, 0.5) is 0 Å². The SMILES string of the molecule is BN1CCCCC(C(C)(C)CC(C)CCCCCC)CCC1. The van der Waals surface area contributed by atoms with Crippen LogP contribution in [-0.2, 0) is 0 Å². The maximum absolute atomic E-state index is 2.56. The van der Waals surface area contributed by atoms with E-state index in [2.05, 4.69) is 40.5 Å². The molecule has 2 atom stereocenters. The minimum atomic E-state index is 0.535. The van der Waals surface area contributed by atoms with Crippen LogP contribution in [0.25, 0.3) is 0 Å². The summed E-state index contributed by atoms with van der Waals surface area (Å²) >= 11 is 0. The van der Waals surface area contributed by atoms with Gasteiger partial charge in [0.25, 0.3) is 0 Å². The molecule has 0 aromatic heterocycles. The Morgan fingerprint density at radius 3 is 2.45 bits per heavy atom. The molecule has 1 saturated heterocycles. The van der Waals surface area contributed by atoms with Crippen molar-refractivity contribution in [2.45, 2.75) is 98.3 Å². The molecule has 0 aliphatic carbocycles. The van der Waals surface area contributed by atoms with Crippen LogP contribution in [-0.4, -0.2) is 25.9 Å². The third-order valence-electron chi connectivity index (χ3n) is 5.97. The zero-order chi connectivity index (χ0) is 16.4. The van der Waals surface area contributed by atoms with Crippen LogP contribution in [0.15, 0.2) is 0 Å². The van der Waals surface area contributed by atoms with Gasteiger partial charge in [0.2, 0.25) is 0 Å². The first-order valence-corrected chi connectivity index (χ1v) is 10.1. The van der Waals surface area contributed by atoms with E-state index in [1.165, 1.54) is 83.7 Å². The maximum Gasteiger partial charge on any atom is 0.185 e. The Bertz CT molecular complexity index is 277. The summed E-state index contributed by atoms with van der Waals surface area (Å²) in [7, 11) is 2.30. The molecule has 1 nitrogen and oxygen atoms in total. The molecule has 1 rings (SSSR count). The van der Waals surface area contributed by atoms with Crippen molar-refractivity contribution in [3.63, 3.8) is 0 Å². The summed E-state index contributed by atoms with van der Waals surface area (Å²) in [5.74, 6) is 1.85. The fraction of sp³-hybridized carbons (Fsp3) is 1.00. The van der Waals surface area contributed by atoms with Crippen molar-refractivity contribution in [1.82, 2.24) is 4.81 Å². The average molecular weight is 307 g/mol. The second-order valence-corrected chi connectivity index (χ2v) is 8.79. The van der Waals surface area contributed by atoms with E-state index in [0.29, 0.717) is 5.41 Å². The van der Waals surface area contributed by atoms with Gasteiger partial charge in [0.1, 0.15) is 0 Å². The molecule has 0 aromatic carbocycles. The molecule has 0 amide bonds. The first-order valence-electron chi connectivity index (χ1n) is 10.1. The zero-order valence-electron chi connectivity index (χ0n) is 16.3. The molecular weight excluding hydrogens is 265 g/mol. The smallest absolute Gasteiger partial charge is 0.185 e. The molecule has 130 valence electrons. The third-order valence-corrected chi connectivity index (χ3v) is 5.97. The minimum absolute atomic E-state index is 0.535. The Kier molecular flexibility index (Phi) is 9.79. The summed E-state index contributed by atoms with van der Waals surface area (Å²) in [5.41, 5.74) is 0.535. The third kappa shape index (κ3) is 8.04. The Labute approximate surface area is 142 Å². The van der Waals surface area contributed by atoms with E-state index in [0.717, 1.165) is 11.8 Å². The van der Waals surface area contributed by atoms with Gasteiger partial charge in [-0.25, -0.2) is 0 Å². The Balaban J connectivity index is 2.41. The largest absolute Gasteiger partial charge is 0.349 e. The summed E-state index contributed by atoms with van der Waals surface area (Å²) in [6.07, 6.45) is 15.7. The lowest BCUT2D eigenvalue weighted by Crippen LogP contribution is -2.27. The van der Waals surface area contributed by atoms with Gasteiger partial charge in [-0.2, -0.15) is 0 Å². The molecule has 2 unspecified atom stereocenters. The summed E-state index contributed by atoms with van der Waals surface area (Å²) in [6, 6.07) is 0. The maximum atomic E-state index is 2.56. The Morgan fingerprint density at radius 2 is 1.73 bits per heavy atom. The molecule has 0 N–H and O–H groups in total. The van der Waals surface area contributed by atoms with Crippen LogP contribution < -0.4 is 0 Å². The van der Waals surface area contributed by atoms with Crippen molar-refractivity contribution in [1.29, 1.82) is 0 Å². The van der Waals surface area contributed by atoms with Crippen molar-refractivity contribution >= 4 is 7.98 Å². The lowest BCUT2D eigenvalue weighted by atomic mass is 9.69. The number of nitrogens with zero attached hydrogens (tertiary/aromatic N) is 1. The van der Waals surface area contributed by atoms with Crippen molar-refractivity contribution in [2.75, 3.05) is 13.1 Å². The van der Waals surface area contributed by atoms with E-state index < -0.39 is 0 Å². The quantitative estimate of drug-likeness (QED) is 0.426. The van der Waals surface area contributed by atoms with Gasteiger partial charge in [0.05, 0.1) is 0 Å². The molecule has 1 aliphatic rings. The molecule has 1 aliphatic heterocycles. The highest BCUT2D eigenvalue weighted by molar-refractivity contribution is 6.04. The predicted octanol–water partition coefficient (Wildman–Crippen LogP) is 5.44. The average Bonchev–Trinajstić information content (AvgIpc) is 2.55. The summed E-state index contributed by atoms with van der Waals surface area (Å²) in [4.78, 5) is 2.53. The lowest BCUT2D eigenvalue weighted by molar-refractivity contribution is 0.139. The Hall–Kier alpha value is 0.0249. The van der Waals surface area contributed by atoms with E-state index in [4.69, 9.17) is 0 Å². The number of rotatable bonds is 8. The van der Waals surface area contributed by atoms with E-state index in [1.54, 1.807) is 0 Å². The fourth-order valence-corrected chi connectivity index (χ4v) is 4.50. The molecule has 0 bridgehead atoms. The van der Waals surface area contributed by atoms with Gasteiger partial charge in [-0.3, -0.25) is 0 Å². The summed E-state index contributed by atoms with van der Waals surface area (Å²) in [5, 5.41) is 0. The van der Waals surface area contributed by atoms with Gasteiger partial charge in [-0.05, 0) is 62.4 Å². The van der Waals surface area contributed by atoms with Crippen LogP contribution >= 0.6 is 0 Å². The molecule has 1 fully saturated rings. The normalized spacial score (nSPS) is 23.5. The summed E-state index contributed by atoms with van der Waals surface area (Å²) in [6.45, 7) is 12.5. The predicted molar refractivity (Wildman–Crippen MR) is 103 cm³/mol. The van der Waals surface area contributed by atoms with Crippen LogP contribution in [0.2, 0.25) is 0 Å². The lowest BCUT2D eigenvalue weighted by Gasteiger charge is -2.37. The summed E-state index contributed by atoms with van der Waals surface area (Å²) < 4.78 is 0.